The number of esters is 1. The first kappa shape index (κ1) is 16.6. The van der Waals surface area contributed by atoms with Crippen LogP contribution in [0.1, 0.15) is 53.9 Å². The second kappa shape index (κ2) is 7.16. The summed E-state index contributed by atoms with van der Waals surface area (Å²) in [7, 11) is 0. The Hall–Kier alpha value is -2.88. The van der Waals surface area contributed by atoms with Gasteiger partial charge in [-0.3, -0.25) is 0 Å². The third-order valence-corrected chi connectivity index (χ3v) is 5.02. The van der Waals surface area contributed by atoms with Crippen LogP contribution in [0, 0.1) is 0 Å². The summed E-state index contributed by atoms with van der Waals surface area (Å²) in [5.41, 5.74) is 1.90. The van der Waals surface area contributed by atoms with Crippen LogP contribution in [0.25, 0.3) is 11.0 Å². The first-order chi connectivity index (χ1) is 12.7. The SMILES string of the molecule is O=C(Oc1ccc2oc(=O)ccc2c1)c1ccc(C2CCCCC2)cc1. The van der Waals surface area contributed by atoms with E-state index in [1.165, 1.54) is 43.7 Å². The van der Waals surface area contributed by atoms with Crippen molar-refractivity contribution in [3.63, 3.8) is 0 Å². The molecule has 0 radical (unpaired) electrons. The van der Waals surface area contributed by atoms with Gasteiger partial charge in [0, 0.05) is 11.5 Å². The summed E-state index contributed by atoms with van der Waals surface area (Å²) in [4.78, 5) is 23.6. The number of hydrogen-bond acceptors (Lipinski definition) is 4. The molecule has 1 aromatic heterocycles. The van der Waals surface area contributed by atoms with Crippen molar-refractivity contribution >= 4 is 16.9 Å². The summed E-state index contributed by atoms with van der Waals surface area (Å²) in [6.07, 6.45) is 6.37. The normalized spacial score (nSPS) is 15.1. The molecule has 1 aliphatic rings. The Morgan fingerprint density at radius 2 is 1.69 bits per heavy atom. The number of carbonyl (C=O) groups excluding carboxylic acids is 1. The zero-order valence-electron chi connectivity index (χ0n) is 14.4. The van der Waals surface area contributed by atoms with Gasteiger partial charge < -0.3 is 9.15 Å². The van der Waals surface area contributed by atoms with E-state index in [1.54, 1.807) is 24.3 Å². The van der Waals surface area contributed by atoms with Crippen LogP contribution >= 0.6 is 0 Å². The number of fused-ring (bicyclic) bond motifs is 1. The van der Waals surface area contributed by atoms with Crippen LogP contribution in [-0.4, -0.2) is 5.97 Å². The Balaban J connectivity index is 1.49. The van der Waals surface area contributed by atoms with Gasteiger partial charge in [-0.2, -0.15) is 0 Å². The van der Waals surface area contributed by atoms with Gasteiger partial charge in [0.05, 0.1) is 5.56 Å². The van der Waals surface area contributed by atoms with Crippen molar-refractivity contribution in [2.45, 2.75) is 38.0 Å². The minimum absolute atomic E-state index is 0.392. The van der Waals surface area contributed by atoms with Crippen molar-refractivity contribution < 1.29 is 13.9 Å². The molecule has 0 atom stereocenters. The Morgan fingerprint density at radius 1 is 0.923 bits per heavy atom. The summed E-state index contributed by atoms with van der Waals surface area (Å²) < 4.78 is 10.5. The van der Waals surface area contributed by atoms with Gasteiger partial charge in [-0.25, -0.2) is 9.59 Å². The van der Waals surface area contributed by atoms with Gasteiger partial charge in [0.1, 0.15) is 11.3 Å². The second-order valence-electron chi connectivity index (χ2n) is 6.80. The highest BCUT2D eigenvalue weighted by Gasteiger charge is 2.16. The van der Waals surface area contributed by atoms with E-state index in [9.17, 15) is 9.59 Å². The molecule has 0 saturated heterocycles. The highest BCUT2D eigenvalue weighted by molar-refractivity contribution is 5.91. The third kappa shape index (κ3) is 3.54. The summed E-state index contributed by atoms with van der Waals surface area (Å²) in [6.45, 7) is 0. The maximum atomic E-state index is 12.4. The van der Waals surface area contributed by atoms with E-state index in [1.807, 2.05) is 24.3 Å². The maximum Gasteiger partial charge on any atom is 0.343 e. The summed E-state index contributed by atoms with van der Waals surface area (Å²) >= 11 is 0. The third-order valence-electron chi connectivity index (χ3n) is 5.02. The molecule has 1 aliphatic carbocycles. The Labute approximate surface area is 151 Å². The monoisotopic (exact) mass is 348 g/mol. The lowest BCUT2D eigenvalue weighted by Crippen LogP contribution is -2.09. The lowest BCUT2D eigenvalue weighted by molar-refractivity contribution is 0.0735. The minimum atomic E-state index is -0.402. The van der Waals surface area contributed by atoms with E-state index < -0.39 is 11.6 Å². The molecular formula is C22H20O4. The van der Waals surface area contributed by atoms with Crippen LogP contribution in [-0.2, 0) is 0 Å². The van der Waals surface area contributed by atoms with Crippen LogP contribution in [0.2, 0.25) is 0 Å². The molecule has 26 heavy (non-hydrogen) atoms. The largest absolute Gasteiger partial charge is 0.423 e. The molecule has 0 aliphatic heterocycles. The number of rotatable bonds is 3. The van der Waals surface area contributed by atoms with E-state index in [2.05, 4.69) is 0 Å². The Kier molecular flexibility index (Phi) is 4.57. The first-order valence-electron chi connectivity index (χ1n) is 9.05. The van der Waals surface area contributed by atoms with Crippen LogP contribution < -0.4 is 10.4 Å². The van der Waals surface area contributed by atoms with Crippen LogP contribution in [0.4, 0.5) is 0 Å². The topological polar surface area (TPSA) is 56.5 Å². The van der Waals surface area contributed by atoms with Crippen LogP contribution in [0.15, 0.2) is 63.8 Å². The molecule has 1 saturated carbocycles. The molecule has 4 rings (SSSR count). The molecule has 0 bridgehead atoms. The fourth-order valence-electron chi connectivity index (χ4n) is 3.61. The van der Waals surface area contributed by atoms with Crippen molar-refractivity contribution in [3.8, 4) is 5.75 Å². The number of benzene rings is 2. The lowest BCUT2D eigenvalue weighted by atomic mass is 9.84. The van der Waals surface area contributed by atoms with E-state index in [-0.39, 0.29) is 0 Å². The van der Waals surface area contributed by atoms with Gasteiger partial charge in [-0.05, 0) is 60.7 Å². The van der Waals surface area contributed by atoms with Crippen molar-refractivity contribution in [2.24, 2.45) is 0 Å². The quantitative estimate of drug-likeness (QED) is 0.377. The van der Waals surface area contributed by atoms with E-state index in [0.717, 1.165) is 0 Å². The summed E-state index contributed by atoms with van der Waals surface area (Å²) in [6, 6.07) is 15.7. The van der Waals surface area contributed by atoms with E-state index in [0.29, 0.717) is 28.2 Å². The molecule has 132 valence electrons. The molecule has 0 unspecified atom stereocenters. The van der Waals surface area contributed by atoms with E-state index in [4.69, 9.17) is 9.15 Å². The van der Waals surface area contributed by atoms with Crippen molar-refractivity contribution in [1.82, 2.24) is 0 Å². The highest BCUT2D eigenvalue weighted by atomic mass is 16.5. The van der Waals surface area contributed by atoms with Crippen molar-refractivity contribution in [1.29, 1.82) is 0 Å². The molecule has 1 fully saturated rings. The number of hydrogen-bond donors (Lipinski definition) is 0. The molecule has 4 nitrogen and oxygen atoms in total. The van der Waals surface area contributed by atoms with Gasteiger partial charge in [-0.1, -0.05) is 31.4 Å². The summed E-state index contributed by atoms with van der Waals surface area (Å²) in [5, 5.41) is 0.711. The van der Waals surface area contributed by atoms with Crippen LogP contribution in [0.3, 0.4) is 0 Å². The molecule has 1 heterocycles. The molecule has 0 spiro atoms. The van der Waals surface area contributed by atoms with Gasteiger partial charge in [0.25, 0.3) is 0 Å². The molecule has 2 aromatic carbocycles. The highest BCUT2D eigenvalue weighted by Crippen LogP contribution is 2.32. The van der Waals surface area contributed by atoms with Crippen molar-refractivity contribution in [3.05, 3.63) is 76.1 Å². The maximum absolute atomic E-state index is 12.4. The molecule has 0 amide bonds. The average Bonchev–Trinajstić information content (AvgIpc) is 2.69. The van der Waals surface area contributed by atoms with E-state index >= 15 is 0 Å². The zero-order valence-corrected chi connectivity index (χ0v) is 14.4. The van der Waals surface area contributed by atoms with Gasteiger partial charge in [0.15, 0.2) is 0 Å². The Morgan fingerprint density at radius 3 is 2.46 bits per heavy atom. The second-order valence-corrected chi connectivity index (χ2v) is 6.80. The predicted molar refractivity (Wildman–Crippen MR) is 99.7 cm³/mol. The first-order valence-corrected chi connectivity index (χ1v) is 9.05. The number of carbonyl (C=O) groups is 1. The fraction of sp³-hybridized carbons (Fsp3) is 0.273. The molecule has 0 N–H and O–H groups in total. The molecular weight excluding hydrogens is 328 g/mol. The Bertz CT molecular complexity index is 979. The van der Waals surface area contributed by atoms with Crippen molar-refractivity contribution in [2.75, 3.05) is 0 Å². The minimum Gasteiger partial charge on any atom is -0.423 e. The van der Waals surface area contributed by atoms with Gasteiger partial charge >= 0.3 is 11.6 Å². The fourth-order valence-corrected chi connectivity index (χ4v) is 3.61. The van der Waals surface area contributed by atoms with Gasteiger partial charge in [-0.15, -0.1) is 0 Å². The van der Waals surface area contributed by atoms with Gasteiger partial charge in [0.2, 0.25) is 0 Å². The predicted octanol–water partition coefficient (Wildman–Crippen LogP) is 5.06. The smallest absolute Gasteiger partial charge is 0.343 e. The average molecular weight is 348 g/mol. The standard InChI is InChI=1S/C22H20O4/c23-21-13-10-18-14-19(11-12-20(18)26-21)25-22(24)17-8-6-16(7-9-17)15-4-2-1-3-5-15/h6-15H,1-5H2. The zero-order chi connectivity index (χ0) is 17.9. The number of ether oxygens (including phenoxy) is 1. The lowest BCUT2D eigenvalue weighted by Gasteiger charge is -2.21. The molecule has 3 aromatic rings. The summed E-state index contributed by atoms with van der Waals surface area (Å²) in [5.74, 6) is 0.647. The molecule has 4 heteroatoms. The van der Waals surface area contributed by atoms with Crippen LogP contribution in [0.5, 0.6) is 5.75 Å².